The fourth-order valence-electron chi connectivity index (χ4n) is 4.24. The first-order chi connectivity index (χ1) is 19.7. The zero-order valence-electron chi connectivity index (χ0n) is 21.4. The summed E-state index contributed by atoms with van der Waals surface area (Å²) < 4.78 is 35.2. The third kappa shape index (κ3) is 5.69. The van der Waals surface area contributed by atoms with Gasteiger partial charge in [-0.2, -0.15) is 0 Å². The van der Waals surface area contributed by atoms with Crippen LogP contribution < -0.4 is 9.46 Å². The maximum Gasteiger partial charge on any atom is 0.298 e. The van der Waals surface area contributed by atoms with Crippen molar-refractivity contribution in [3.8, 4) is 11.6 Å². The Kier molecular flexibility index (Phi) is 7.60. The largest absolute Gasteiger partial charge is 0.495 e. The number of fused-ring (bicyclic) bond motifs is 1. The van der Waals surface area contributed by atoms with Crippen molar-refractivity contribution in [2.75, 3.05) is 11.8 Å². The zero-order valence-corrected chi connectivity index (χ0v) is 23.0. The maximum atomic E-state index is 13.0. The first kappa shape index (κ1) is 27.6. The van der Waals surface area contributed by atoms with Gasteiger partial charge in [-0.25, -0.2) is 8.42 Å². The quantitative estimate of drug-likeness (QED) is 0.105. The van der Waals surface area contributed by atoms with E-state index in [0.29, 0.717) is 22.5 Å². The summed E-state index contributed by atoms with van der Waals surface area (Å²) in [5.41, 5.74) is 1.06. The van der Waals surface area contributed by atoms with E-state index in [4.69, 9.17) is 16.3 Å². The highest BCUT2D eigenvalue weighted by Crippen LogP contribution is 2.41. The number of aromatic hydroxyl groups is 1. The first-order valence-corrected chi connectivity index (χ1v) is 13.9. The average molecular weight is 592 g/mol. The number of methoxy groups -OCH3 is 1. The van der Waals surface area contributed by atoms with Crippen molar-refractivity contribution >= 4 is 55.3 Å². The van der Waals surface area contributed by atoms with E-state index in [1.54, 1.807) is 53.1 Å². The number of nitrogens with one attached hydrogen (secondary N) is 1. The van der Waals surface area contributed by atoms with E-state index in [2.05, 4.69) is 15.0 Å². The minimum absolute atomic E-state index is 0.110. The molecule has 5 aromatic rings. The molecular weight excluding hydrogens is 570 g/mol. The van der Waals surface area contributed by atoms with Gasteiger partial charge in [0.2, 0.25) is 5.88 Å². The predicted molar refractivity (Wildman–Crippen MR) is 155 cm³/mol. The van der Waals surface area contributed by atoms with Gasteiger partial charge in [0.05, 0.1) is 34.7 Å². The summed E-state index contributed by atoms with van der Waals surface area (Å²) in [4.78, 5) is 10.8. The molecule has 11 nitrogen and oxygen atoms in total. The molecule has 0 bridgehead atoms. The maximum absolute atomic E-state index is 13.0. The number of nitro groups is 1. The fourth-order valence-corrected chi connectivity index (χ4v) is 5.46. The Morgan fingerprint density at radius 3 is 2.44 bits per heavy atom. The molecule has 0 saturated carbocycles. The number of ether oxygens (including phenoxy) is 1. The minimum Gasteiger partial charge on any atom is -0.495 e. The van der Waals surface area contributed by atoms with Gasteiger partial charge < -0.3 is 14.4 Å². The summed E-state index contributed by atoms with van der Waals surface area (Å²) in [6.45, 7) is 0.310. The van der Waals surface area contributed by atoms with Gasteiger partial charge in [0.25, 0.3) is 15.7 Å². The van der Waals surface area contributed by atoms with Gasteiger partial charge in [-0.05, 0) is 48.0 Å². The second-order valence-electron chi connectivity index (χ2n) is 8.82. The summed E-state index contributed by atoms with van der Waals surface area (Å²) in [7, 11) is -2.82. The van der Waals surface area contributed by atoms with Crippen LogP contribution in [0.3, 0.4) is 0 Å². The SMILES string of the molecule is COc1ccccc1NS(=O)(=O)c1ccc(N=Nc2c(O)n(Cc3ccc(Cl)cc3)c3ccccc23)c([N+](=O)[O-])c1. The minimum atomic E-state index is -4.21. The van der Waals surface area contributed by atoms with E-state index in [1.165, 1.54) is 25.3 Å². The molecule has 2 N–H and O–H groups in total. The van der Waals surface area contributed by atoms with Gasteiger partial charge in [-0.3, -0.25) is 14.8 Å². The van der Waals surface area contributed by atoms with Crippen LogP contribution in [0.5, 0.6) is 11.6 Å². The van der Waals surface area contributed by atoms with Gasteiger partial charge >= 0.3 is 0 Å². The van der Waals surface area contributed by atoms with Crippen LogP contribution >= 0.6 is 11.6 Å². The molecule has 0 aliphatic heterocycles. The molecule has 4 aromatic carbocycles. The molecule has 0 spiro atoms. The van der Waals surface area contributed by atoms with Crippen LogP contribution in [0, 0.1) is 10.1 Å². The first-order valence-electron chi connectivity index (χ1n) is 12.1. The van der Waals surface area contributed by atoms with Gasteiger partial charge in [0.1, 0.15) is 5.75 Å². The van der Waals surface area contributed by atoms with Crippen LogP contribution in [0.25, 0.3) is 10.9 Å². The van der Waals surface area contributed by atoms with E-state index in [1.807, 2.05) is 18.2 Å². The van der Waals surface area contributed by atoms with E-state index < -0.39 is 20.6 Å². The number of aromatic nitrogens is 1. The molecule has 0 radical (unpaired) electrons. The lowest BCUT2D eigenvalue weighted by Gasteiger charge is -2.11. The number of halogens is 1. The molecule has 41 heavy (non-hydrogen) atoms. The lowest BCUT2D eigenvalue weighted by molar-refractivity contribution is -0.384. The highest BCUT2D eigenvalue weighted by Gasteiger charge is 2.23. The number of benzene rings is 4. The molecule has 0 atom stereocenters. The standard InChI is InChI=1S/C28H22ClN5O6S/c1-40-26-9-5-3-7-23(26)32-41(38,39)20-14-15-22(25(16-20)34(36)37)30-31-27-21-6-2-4-8-24(21)33(28(27)35)17-18-10-12-19(29)13-11-18/h2-16,32,35H,17H2,1H3. The number of azo groups is 1. The Bertz CT molecular complexity index is 1910. The van der Waals surface area contributed by atoms with E-state index >= 15 is 0 Å². The van der Waals surface area contributed by atoms with Crippen molar-refractivity contribution in [2.24, 2.45) is 10.2 Å². The third-order valence-electron chi connectivity index (χ3n) is 6.23. The molecule has 0 aliphatic carbocycles. The van der Waals surface area contributed by atoms with E-state index in [9.17, 15) is 23.6 Å². The van der Waals surface area contributed by atoms with Crippen molar-refractivity contribution in [2.45, 2.75) is 11.4 Å². The Labute approximate surface area is 239 Å². The Hall–Kier alpha value is -4.94. The Balaban J connectivity index is 1.50. The average Bonchev–Trinajstić information content (AvgIpc) is 3.23. The summed E-state index contributed by atoms with van der Waals surface area (Å²) in [5.74, 6) is 0.0961. The summed E-state index contributed by atoms with van der Waals surface area (Å²) in [6, 6.07) is 23.9. The van der Waals surface area contributed by atoms with Gasteiger partial charge in [0.15, 0.2) is 11.4 Å². The van der Waals surface area contributed by atoms with Crippen LogP contribution in [-0.2, 0) is 16.6 Å². The van der Waals surface area contributed by atoms with Crippen molar-refractivity contribution in [1.82, 2.24) is 4.57 Å². The van der Waals surface area contributed by atoms with Gasteiger partial charge in [-0.1, -0.05) is 54.1 Å². The summed E-state index contributed by atoms with van der Waals surface area (Å²) >= 11 is 5.99. The van der Waals surface area contributed by atoms with Crippen molar-refractivity contribution in [1.29, 1.82) is 0 Å². The topological polar surface area (TPSA) is 148 Å². The Morgan fingerprint density at radius 2 is 1.71 bits per heavy atom. The van der Waals surface area contributed by atoms with E-state index in [0.717, 1.165) is 11.6 Å². The van der Waals surface area contributed by atoms with Gasteiger partial charge in [-0.15, -0.1) is 10.2 Å². The number of hydrogen-bond acceptors (Lipinski definition) is 8. The normalized spacial score (nSPS) is 11.7. The van der Waals surface area contributed by atoms with Crippen LogP contribution in [0.15, 0.2) is 106 Å². The molecule has 1 heterocycles. The van der Waals surface area contributed by atoms with Crippen LogP contribution in [0.1, 0.15) is 5.56 Å². The third-order valence-corrected chi connectivity index (χ3v) is 7.85. The lowest BCUT2D eigenvalue weighted by Crippen LogP contribution is -2.13. The van der Waals surface area contributed by atoms with Crippen LogP contribution in [-0.4, -0.2) is 30.1 Å². The fraction of sp³-hybridized carbons (Fsp3) is 0.0714. The highest BCUT2D eigenvalue weighted by molar-refractivity contribution is 7.92. The zero-order chi connectivity index (χ0) is 29.1. The second kappa shape index (κ2) is 11.3. The monoisotopic (exact) mass is 591 g/mol. The molecule has 0 unspecified atom stereocenters. The molecule has 0 aliphatic rings. The van der Waals surface area contributed by atoms with Gasteiger partial charge in [0, 0.05) is 16.5 Å². The molecule has 0 saturated heterocycles. The van der Waals surface area contributed by atoms with E-state index in [-0.39, 0.29) is 33.6 Å². The van der Waals surface area contributed by atoms with Crippen molar-refractivity contribution in [3.63, 3.8) is 0 Å². The summed E-state index contributed by atoms with van der Waals surface area (Å²) in [5, 5.41) is 32.3. The predicted octanol–water partition coefficient (Wildman–Crippen LogP) is 7.18. The number of para-hydroxylation sites is 3. The summed E-state index contributed by atoms with van der Waals surface area (Å²) in [6.07, 6.45) is 0. The number of anilines is 1. The number of hydrogen-bond donors (Lipinski definition) is 2. The molecule has 5 rings (SSSR count). The number of sulfonamides is 1. The Morgan fingerprint density at radius 1 is 1.00 bits per heavy atom. The number of rotatable bonds is 9. The molecular formula is C28H22ClN5O6S. The molecule has 13 heteroatoms. The molecule has 0 amide bonds. The molecule has 0 fully saturated rings. The van der Waals surface area contributed by atoms with Crippen molar-refractivity contribution < 1.29 is 23.2 Å². The second-order valence-corrected chi connectivity index (χ2v) is 10.9. The highest BCUT2D eigenvalue weighted by atomic mass is 35.5. The van der Waals surface area contributed by atoms with Crippen LogP contribution in [0.4, 0.5) is 22.7 Å². The smallest absolute Gasteiger partial charge is 0.298 e. The van der Waals surface area contributed by atoms with Crippen LogP contribution in [0.2, 0.25) is 5.02 Å². The number of nitrogens with zero attached hydrogens (tertiary/aromatic N) is 4. The molecule has 1 aromatic heterocycles. The molecule has 208 valence electrons. The van der Waals surface area contributed by atoms with Crippen molar-refractivity contribution in [3.05, 3.63) is 112 Å². The number of nitro benzene ring substituents is 1. The lowest BCUT2D eigenvalue weighted by atomic mass is 10.2.